The minimum absolute atomic E-state index is 0.0186. The number of nitrogens with zero attached hydrogens (tertiary/aromatic N) is 3. The van der Waals surface area contributed by atoms with Crippen LogP contribution in [0.4, 0.5) is 5.82 Å². The van der Waals surface area contributed by atoms with Crippen LogP contribution in [-0.2, 0) is 16.0 Å². The third-order valence-electron chi connectivity index (χ3n) is 3.51. The summed E-state index contributed by atoms with van der Waals surface area (Å²) in [7, 11) is 3.35. The zero-order valence-electron chi connectivity index (χ0n) is 11.8. The van der Waals surface area contributed by atoms with Gasteiger partial charge in [0.25, 0.3) is 0 Å². The molecule has 2 heterocycles. The number of ether oxygens (including phenoxy) is 2. The third-order valence-corrected chi connectivity index (χ3v) is 3.51. The molecule has 2 rings (SSSR count). The number of aryl methyl sites for hydroxylation is 1. The summed E-state index contributed by atoms with van der Waals surface area (Å²) in [5.41, 5.74) is 9.03. The van der Waals surface area contributed by atoms with Crippen LogP contribution in [-0.4, -0.2) is 41.5 Å². The molecule has 0 bridgehead atoms. The molecule has 0 aliphatic rings. The van der Waals surface area contributed by atoms with Gasteiger partial charge in [-0.25, -0.2) is 9.97 Å². The average molecular weight is 264 g/mol. The summed E-state index contributed by atoms with van der Waals surface area (Å²) in [5.74, 6) is 0.519. The first-order chi connectivity index (χ1) is 9.10. The van der Waals surface area contributed by atoms with Crippen LogP contribution in [0.15, 0.2) is 6.33 Å². The molecule has 2 aromatic heterocycles. The highest BCUT2D eigenvalue weighted by Gasteiger charge is 2.18. The summed E-state index contributed by atoms with van der Waals surface area (Å²) in [6.07, 6.45) is 1.47. The quantitative estimate of drug-likeness (QED) is 0.880. The largest absolute Gasteiger partial charge is 0.383 e. The first-order valence-corrected chi connectivity index (χ1v) is 6.17. The van der Waals surface area contributed by atoms with Gasteiger partial charge in [0, 0.05) is 19.9 Å². The second-order valence-corrected chi connectivity index (χ2v) is 4.59. The van der Waals surface area contributed by atoms with Crippen molar-refractivity contribution in [2.45, 2.75) is 26.5 Å². The monoisotopic (exact) mass is 264 g/mol. The molecular weight excluding hydrogens is 244 g/mol. The number of nitrogen functional groups attached to an aromatic ring is 1. The van der Waals surface area contributed by atoms with Gasteiger partial charge in [0.2, 0.25) is 0 Å². The van der Waals surface area contributed by atoms with Crippen LogP contribution in [0.25, 0.3) is 11.0 Å². The van der Waals surface area contributed by atoms with E-state index in [2.05, 4.69) is 21.5 Å². The first-order valence-electron chi connectivity index (χ1n) is 6.17. The van der Waals surface area contributed by atoms with Gasteiger partial charge in [-0.15, -0.1) is 0 Å². The van der Waals surface area contributed by atoms with Crippen molar-refractivity contribution in [1.82, 2.24) is 14.5 Å². The standard InChI is InChI=1S/C13H20N4O2/c1-8-9(2)17(5-10(19-4)6-18-3)13-11(8)12(14)15-7-16-13/h7,10H,5-6H2,1-4H3,(H2,14,15,16). The molecule has 0 amide bonds. The Morgan fingerprint density at radius 3 is 2.68 bits per heavy atom. The van der Waals surface area contributed by atoms with Crippen LogP contribution in [0, 0.1) is 13.8 Å². The normalized spacial score (nSPS) is 13.1. The molecule has 1 unspecified atom stereocenters. The average Bonchev–Trinajstić information content (AvgIpc) is 2.64. The van der Waals surface area contributed by atoms with Gasteiger partial charge in [-0.3, -0.25) is 0 Å². The Kier molecular flexibility index (Phi) is 4.01. The fourth-order valence-corrected chi connectivity index (χ4v) is 2.30. The second-order valence-electron chi connectivity index (χ2n) is 4.59. The van der Waals surface area contributed by atoms with Crippen molar-refractivity contribution >= 4 is 16.9 Å². The molecule has 6 nitrogen and oxygen atoms in total. The van der Waals surface area contributed by atoms with Crippen molar-refractivity contribution in [2.75, 3.05) is 26.6 Å². The minimum atomic E-state index is -0.0186. The second kappa shape index (κ2) is 5.54. The highest BCUT2D eigenvalue weighted by atomic mass is 16.5. The van der Waals surface area contributed by atoms with E-state index in [4.69, 9.17) is 15.2 Å². The van der Waals surface area contributed by atoms with Gasteiger partial charge in [-0.2, -0.15) is 0 Å². The van der Waals surface area contributed by atoms with E-state index >= 15 is 0 Å². The first kappa shape index (κ1) is 13.8. The van der Waals surface area contributed by atoms with Gasteiger partial charge in [-0.1, -0.05) is 0 Å². The lowest BCUT2D eigenvalue weighted by Gasteiger charge is -2.17. The fraction of sp³-hybridized carbons (Fsp3) is 0.538. The zero-order valence-corrected chi connectivity index (χ0v) is 11.8. The van der Waals surface area contributed by atoms with E-state index in [1.807, 2.05) is 6.92 Å². The zero-order chi connectivity index (χ0) is 14.0. The lowest BCUT2D eigenvalue weighted by atomic mass is 10.2. The molecule has 0 aromatic carbocycles. The fourth-order valence-electron chi connectivity index (χ4n) is 2.30. The molecule has 6 heteroatoms. The van der Waals surface area contributed by atoms with E-state index < -0.39 is 0 Å². The molecule has 104 valence electrons. The summed E-state index contributed by atoms with van der Waals surface area (Å²) < 4.78 is 12.7. The van der Waals surface area contributed by atoms with Crippen molar-refractivity contribution in [3.63, 3.8) is 0 Å². The molecule has 0 spiro atoms. The van der Waals surface area contributed by atoms with E-state index in [-0.39, 0.29) is 6.10 Å². The number of methoxy groups -OCH3 is 2. The smallest absolute Gasteiger partial charge is 0.146 e. The van der Waals surface area contributed by atoms with Crippen LogP contribution < -0.4 is 5.73 Å². The van der Waals surface area contributed by atoms with Crippen molar-refractivity contribution in [2.24, 2.45) is 0 Å². The maximum atomic E-state index is 5.94. The Hall–Kier alpha value is -1.66. The van der Waals surface area contributed by atoms with Crippen LogP contribution >= 0.6 is 0 Å². The Morgan fingerprint density at radius 1 is 1.32 bits per heavy atom. The van der Waals surface area contributed by atoms with E-state index in [0.717, 1.165) is 22.3 Å². The topological polar surface area (TPSA) is 75.2 Å². The van der Waals surface area contributed by atoms with Gasteiger partial charge in [0.15, 0.2) is 0 Å². The van der Waals surface area contributed by atoms with Crippen molar-refractivity contribution in [1.29, 1.82) is 0 Å². The molecule has 2 aromatic rings. The molecule has 19 heavy (non-hydrogen) atoms. The summed E-state index contributed by atoms with van der Waals surface area (Å²) in [5, 5.41) is 0.923. The highest BCUT2D eigenvalue weighted by molar-refractivity contribution is 5.90. The lowest BCUT2D eigenvalue weighted by molar-refractivity contribution is 0.0187. The molecule has 2 N–H and O–H groups in total. The predicted molar refractivity (Wildman–Crippen MR) is 74.1 cm³/mol. The van der Waals surface area contributed by atoms with E-state index in [9.17, 15) is 0 Å². The van der Waals surface area contributed by atoms with Crippen molar-refractivity contribution in [3.8, 4) is 0 Å². The lowest BCUT2D eigenvalue weighted by Crippen LogP contribution is -2.24. The third kappa shape index (κ3) is 2.41. The van der Waals surface area contributed by atoms with Gasteiger partial charge in [0.1, 0.15) is 17.8 Å². The number of anilines is 1. The minimum Gasteiger partial charge on any atom is -0.383 e. The Morgan fingerprint density at radius 2 is 2.05 bits per heavy atom. The molecular formula is C13H20N4O2. The van der Waals surface area contributed by atoms with Crippen LogP contribution in [0.1, 0.15) is 11.3 Å². The molecule has 0 aliphatic carbocycles. The van der Waals surface area contributed by atoms with Crippen LogP contribution in [0.5, 0.6) is 0 Å². The number of aromatic nitrogens is 3. The molecule has 0 saturated carbocycles. The van der Waals surface area contributed by atoms with Gasteiger partial charge in [-0.05, 0) is 19.4 Å². The Labute approximate surface area is 112 Å². The molecule has 0 radical (unpaired) electrons. The summed E-state index contributed by atoms with van der Waals surface area (Å²) in [6, 6.07) is 0. The van der Waals surface area contributed by atoms with Crippen molar-refractivity contribution < 1.29 is 9.47 Å². The Bertz CT molecular complexity index is 580. The summed E-state index contributed by atoms with van der Waals surface area (Å²) in [4.78, 5) is 8.40. The van der Waals surface area contributed by atoms with Gasteiger partial charge in [0.05, 0.1) is 24.6 Å². The number of fused-ring (bicyclic) bond motifs is 1. The molecule has 0 saturated heterocycles. The van der Waals surface area contributed by atoms with E-state index in [0.29, 0.717) is 19.0 Å². The number of nitrogens with two attached hydrogens (primary N) is 1. The number of rotatable bonds is 5. The highest BCUT2D eigenvalue weighted by Crippen LogP contribution is 2.27. The van der Waals surface area contributed by atoms with Crippen LogP contribution in [0.3, 0.4) is 0 Å². The molecule has 0 fully saturated rings. The van der Waals surface area contributed by atoms with Crippen LogP contribution in [0.2, 0.25) is 0 Å². The number of hydrogen-bond donors (Lipinski definition) is 1. The number of hydrogen-bond acceptors (Lipinski definition) is 5. The summed E-state index contributed by atoms with van der Waals surface area (Å²) in [6.45, 7) is 5.30. The summed E-state index contributed by atoms with van der Waals surface area (Å²) >= 11 is 0. The molecule has 1 atom stereocenters. The van der Waals surface area contributed by atoms with Crippen molar-refractivity contribution in [3.05, 3.63) is 17.6 Å². The maximum absolute atomic E-state index is 5.94. The van der Waals surface area contributed by atoms with E-state index in [1.165, 1.54) is 6.33 Å². The van der Waals surface area contributed by atoms with E-state index in [1.54, 1.807) is 14.2 Å². The molecule has 0 aliphatic heterocycles. The van der Waals surface area contributed by atoms with Gasteiger partial charge >= 0.3 is 0 Å². The SMILES string of the molecule is COCC(Cn1c(C)c(C)c2c(N)ncnc21)OC. The Balaban J connectivity index is 2.48. The predicted octanol–water partition coefficient (Wildman–Crippen LogP) is 1.29. The maximum Gasteiger partial charge on any atom is 0.146 e. The van der Waals surface area contributed by atoms with Gasteiger partial charge < -0.3 is 19.8 Å².